The minimum Gasteiger partial charge on any atom is -0.446 e. The predicted octanol–water partition coefficient (Wildman–Crippen LogP) is 6.43. The van der Waals surface area contributed by atoms with E-state index in [-0.39, 0.29) is 17.8 Å². The number of nitrogens with one attached hydrogen (secondary N) is 3. The Bertz CT molecular complexity index is 1290. The Morgan fingerprint density at radius 3 is 2.32 bits per heavy atom. The lowest BCUT2D eigenvalue weighted by Gasteiger charge is -2.31. The topological polar surface area (TPSA) is 91.9 Å². The van der Waals surface area contributed by atoms with Crippen molar-refractivity contribution < 1.29 is 27.8 Å². The first-order valence-corrected chi connectivity index (χ1v) is 15.3. The molecule has 3 N–H and O–H groups in total. The number of alkyl halides is 2. The number of anilines is 1. The monoisotopic (exact) mass is 608 g/mol. The van der Waals surface area contributed by atoms with Crippen LogP contribution in [0.25, 0.3) is 11.1 Å². The smallest absolute Gasteiger partial charge is 0.411 e. The summed E-state index contributed by atoms with van der Waals surface area (Å²) in [4.78, 5) is 27.2. The number of benzene rings is 3. The highest BCUT2D eigenvalue weighted by Gasteiger charge is 2.23. The number of ether oxygens (including phenoxy) is 2. The average molecular weight is 609 g/mol. The molecule has 10 heteroatoms. The molecule has 0 aromatic heterocycles. The summed E-state index contributed by atoms with van der Waals surface area (Å²) in [5.74, 6) is 0.209. The molecule has 0 aliphatic carbocycles. The van der Waals surface area contributed by atoms with Crippen molar-refractivity contribution in [2.24, 2.45) is 0 Å². The minimum absolute atomic E-state index is 0.0530. The summed E-state index contributed by atoms with van der Waals surface area (Å²) in [6.45, 7) is 1.60. The first-order valence-electron chi connectivity index (χ1n) is 15.3. The molecule has 1 fully saturated rings. The van der Waals surface area contributed by atoms with Gasteiger partial charge in [-0.3, -0.25) is 10.1 Å². The fourth-order valence-corrected chi connectivity index (χ4v) is 5.15. The Balaban J connectivity index is 1.01. The maximum Gasteiger partial charge on any atom is 0.411 e. The minimum atomic E-state index is -2.81. The van der Waals surface area contributed by atoms with Crippen LogP contribution < -0.4 is 20.7 Å². The molecule has 1 heterocycles. The highest BCUT2D eigenvalue weighted by Crippen LogP contribution is 2.28. The lowest BCUT2D eigenvalue weighted by Crippen LogP contribution is -2.40. The van der Waals surface area contributed by atoms with Gasteiger partial charge in [0.1, 0.15) is 11.9 Å². The molecule has 4 rings (SSSR count). The number of unbranched alkanes of at least 4 members (excludes halogenated alkanes) is 2. The van der Waals surface area contributed by atoms with Crippen LogP contribution in [0.3, 0.4) is 0 Å². The Hall–Kier alpha value is -4.02. The number of carbonyl (C=O) groups excluding carboxylic acids is 2. The van der Waals surface area contributed by atoms with Crippen molar-refractivity contribution in [2.45, 2.75) is 57.8 Å². The lowest BCUT2D eigenvalue weighted by atomic mass is 10.0. The molecule has 8 nitrogen and oxygen atoms in total. The van der Waals surface area contributed by atoms with E-state index in [9.17, 15) is 18.4 Å². The zero-order chi connectivity index (χ0) is 31.0. The molecule has 2 amide bonds. The van der Waals surface area contributed by atoms with Gasteiger partial charge in [0, 0.05) is 44.7 Å². The Kier molecular flexibility index (Phi) is 13.4. The SMILES string of the molecule is O=C(CCN1CCC(OC(=O)Nc2ccccc2-c2ccccc2)CC1)NCCCCCNCc1ccc(OC(F)F)cc1. The number of carbonyl (C=O) groups is 2. The summed E-state index contributed by atoms with van der Waals surface area (Å²) >= 11 is 0. The molecule has 0 bridgehead atoms. The Labute approximate surface area is 258 Å². The van der Waals surface area contributed by atoms with Crippen LogP contribution in [0.4, 0.5) is 19.3 Å². The maximum atomic E-state index is 12.6. The quantitative estimate of drug-likeness (QED) is 0.162. The third kappa shape index (κ3) is 11.6. The van der Waals surface area contributed by atoms with Gasteiger partial charge in [0.15, 0.2) is 0 Å². The summed E-state index contributed by atoms with van der Waals surface area (Å²) in [6.07, 6.45) is 4.22. The highest BCUT2D eigenvalue weighted by atomic mass is 19.3. The third-order valence-corrected chi connectivity index (χ3v) is 7.54. The van der Waals surface area contributed by atoms with Gasteiger partial charge in [-0.15, -0.1) is 0 Å². The van der Waals surface area contributed by atoms with Gasteiger partial charge in [-0.25, -0.2) is 4.79 Å². The normalized spacial score (nSPS) is 13.9. The van der Waals surface area contributed by atoms with Gasteiger partial charge in [0.2, 0.25) is 5.91 Å². The number of hydrogen-bond acceptors (Lipinski definition) is 6. The molecule has 0 saturated carbocycles. The van der Waals surface area contributed by atoms with E-state index < -0.39 is 12.7 Å². The van der Waals surface area contributed by atoms with E-state index in [1.165, 1.54) is 12.1 Å². The van der Waals surface area contributed by atoms with E-state index in [0.717, 1.165) is 74.1 Å². The van der Waals surface area contributed by atoms with Crippen LogP contribution in [0.5, 0.6) is 5.75 Å². The fraction of sp³-hybridized carbons (Fsp3) is 0.412. The molecule has 44 heavy (non-hydrogen) atoms. The molecule has 1 aliphatic rings. The van der Waals surface area contributed by atoms with Crippen molar-refractivity contribution in [1.82, 2.24) is 15.5 Å². The summed E-state index contributed by atoms with van der Waals surface area (Å²) in [7, 11) is 0. The van der Waals surface area contributed by atoms with Crippen LogP contribution in [0.15, 0.2) is 78.9 Å². The van der Waals surface area contributed by atoms with Crippen LogP contribution in [0.1, 0.15) is 44.1 Å². The molecule has 3 aromatic carbocycles. The zero-order valence-electron chi connectivity index (χ0n) is 25.0. The number of hydrogen-bond donors (Lipinski definition) is 3. The molecule has 236 valence electrons. The summed E-state index contributed by atoms with van der Waals surface area (Å²) in [5.41, 5.74) is 3.69. The average Bonchev–Trinajstić information content (AvgIpc) is 3.03. The van der Waals surface area contributed by atoms with Gasteiger partial charge < -0.3 is 25.0 Å². The number of likely N-dealkylation sites (tertiary alicyclic amines) is 1. The second-order valence-corrected chi connectivity index (χ2v) is 10.8. The number of nitrogens with zero attached hydrogens (tertiary/aromatic N) is 1. The van der Waals surface area contributed by atoms with Crippen molar-refractivity contribution in [3.63, 3.8) is 0 Å². The third-order valence-electron chi connectivity index (χ3n) is 7.54. The van der Waals surface area contributed by atoms with E-state index in [2.05, 4.69) is 25.6 Å². The van der Waals surface area contributed by atoms with Crippen LogP contribution in [-0.4, -0.2) is 62.3 Å². The molecular weight excluding hydrogens is 566 g/mol. The van der Waals surface area contributed by atoms with E-state index in [0.29, 0.717) is 26.1 Å². The number of piperidine rings is 1. The van der Waals surface area contributed by atoms with Crippen molar-refractivity contribution >= 4 is 17.7 Å². The zero-order valence-corrected chi connectivity index (χ0v) is 25.0. The lowest BCUT2D eigenvalue weighted by molar-refractivity contribution is -0.121. The largest absolute Gasteiger partial charge is 0.446 e. The van der Waals surface area contributed by atoms with E-state index >= 15 is 0 Å². The Morgan fingerprint density at radius 1 is 0.864 bits per heavy atom. The fourth-order valence-electron chi connectivity index (χ4n) is 5.15. The van der Waals surface area contributed by atoms with E-state index in [4.69, 9.17) is 4.74 Å². The van der Waals surface area contributed by atoms with E-state index in [1.807, 2.05) is 54.6 Å². The molecule has 1 aliphatic heterocycles. The van der Waals surface area contributed by atoms with Gasteiger partial charge >= 0.3 is 12.7 Å². The molecule has 0 radical (unpaired) electrons. The summed E-state index contributed by atoms with van der Waals surface area (Å²) in [5, 5.41) is 9.25. The van der Waals surface area contributed by atoms with Crippen molar-refractivity contribution in [3.05, 3.63) is 84.4 Å². The standard InChI is InChI=1S/C34H42F2N4O4/c35-33(36)43-28-15-13-26(14-16-28)25-37-20-7-2-8-21-38-32(41)19-24-40-22-17-29(18-23-40)44-34(42)39-31-12-6-5-11-30(31)27-9-3-1-4-10-27/h1,3-6,9-16,29,33,37H,2,7-8,17-25H2,(H,38,41)(H,39,42). The van der Waals surface area contributed by atoms with E-state index in [1.54, 1.807) is 12.1 Å². The molecule has 1 saturated heterocycles. The van der Waals surface area contributed by atoms with Gasteiger partial charge in [0.25, 0.3) is 0 Å². The number of rotatable bonds is 16. The summed E-state index contributed by atoms with van der Waals surface area (Å²) in [6, 6.07) is 24.2. The second kappa shape index (κ2) is 17.9. The molecule has 3 aromatic rings. The van der Waals surface area contributed by atoms with Crippen molar-refractivity contribution in [2.75, 3.05) is 38.0 Å². The molecular formula is C34H42F2N4O4. The summed E-state index contributed by atoms with van der Waals surface area (Å²) < 4.78 is 34.5. The van der Waals surface area contributed by atoms with Crippen LogP contribution in [0, 0.1) is 0 Å². The van der Waals surface area contributed by atoms with Gasteiger partial charge in [-0.2, -0.15) is 8.78 Å². The number of halogens is 2. The predicted molar refractivity (Wildman–Crippen MR) is 168 cm³/mol. The highest BCUT2D eigenvalue weighted by molar-refractivity contribution is 5.91. The number of amides is 2. The van der Waals surface area contributed by atoms with Gasteiger partial charge in [-0.1, -0.05) is 67.1 Å². The van der Waals surface area contributed by atoms with Crippen molar-refractivity contribution in [3.8, 4) is 16.9 Å². The molecule has 0 atom stereocenters. The first kappa shape index (κ1) is 32.9. The van der Waals surface area contributed by atoms with Gasteiger partial charge in [0.05, 0.1) is 5.69 Å². The second-order valence-electron chi connectivity index (χ2n) is 10.8. The maximum absolute atomic E-state index is 12.6. The van der Waals surface area contributed by atoms with Crippen molar-refractivity contribution in [1.29, 1.82) is 0 Å². The molecule has 0 spiro atoms. The first-order chi connectivity index (χ1) is 21.5. The van der Waals surface area contributed by atoms with Crippen LogP contribution in [0.2, 0.25) is 0 Å². The van der Waals surface area contributed by atoms with Gasteiger partial charge in [-0.05, 0) is 61.6 Å². The number of para-hydroxylation sites is 1. The van der Waals surface area contributed by atoms with Crippen LogP contribution in [-0.2, 0) is 16.1 Å². The van der Waals surface area contributed by atoms with Crippen LogP contribution >= 0.6 is 0 Å². The Morgan fingerprint density at radius 2 is 1.57 bits per heavy atom. The molecule has 0 unspecified atom stereocenters.